The first-order chi connectivity index (χ1) is 9.03. The van der Waals surface area contributed by atoms with E-state index in [1.165, 1.54) is 18.3 Å². The number of rotatable bonds is 4. The summed E-state index contributed by atoms with van der Waals surface area (Å²) in [5.41, 5.74) is 4.35. The molecule has 4 N–H and O–H groups in total. The Morgan fingerprint density at radius 2 is 2.11 bits per heavy atom. The highest BCUT2D eigenvalue weighted by Crippen LogP contribution is 2.25. The topological polar surface area (TPSA) is 115 Å². The van der Waals surface area contributed by atoms with Crippen molar-refractivity contribution in [3.05, 3.63) is 23.9 Å². The van der Waals surface area contributed by atoms with Crippen molar-refractivity contribution in [2.75, 3.05) is 18.5 Å². The average molecular weight is 265 g/mol. The van der Waals surface area contributed by atoms with Gasteiger partial charge in [-0.25, -0.2) is 9.78 Å². The number of carbonyl (C=O) groups excluding carboxylic acids is 1. The molecule has 1 aliphatic heterocycles. The first kappa shape index (κ1) is 13.3. The van der Waals surface area contributed by atoms with E-state index in [1.807, 2.05) is 0 Å². The number of hydrogen-bond acceptors (Lipinski definition) is 5. The molecule has 0 aliphatic carbocycles. The first-order valence-corrected chi connectivity index (χ1v) is 5.89. The van der Waals surface area contributed by atoms with E-state index in [0.717, 1.165) is 0 Å². The average Bonchev–Trinajstić information content (AvgIpc) is 2.40. The van der Waals surface area contributed by atoms with E-state index in [9.17, 15) is 14.7 Å². The zero-order valence-corrected chi connectivity index (χ0v) is 10.3. The van der Waals surface area contributed by atoms with E-state index in [-0.39, 0.29) is 5.56 Å². The molecular weight excluding hydrogens is 250 g/mol. The highest BCUT2D eigenvalue weighted by atomic mass is 16.5. The minimum Gasteiger partial charge on any atom is -0.480 e. The summed E-state index contributed by atoms with van der Waals surface area (Å²) in [5, 5.41) is 12.3. The molecule has 19 heavy (non-hydrogen) atoms. The molecule has 0 spiro atoms. The van der Waals surface area contributed by atoms with Gasteiger partial charge in [0.05, 0.1) is 0 Å². The Balaban J connectivity index is 2.24. The number of carboxylic acids is 1. The van der Waals surface area contributed by atoms with Gasteiger partial charge in [0.25, 0.3) is 0 Å². The Labute approximate surface area is 109 Å². The van der Waals surface area contributed by atoms with Crippen molar-refractivity contribution in [1.29, 1.82) is 0 Å². The minimum atomic E-state index is -1.11. The molecule has 1 aromatic heterocycles. The van der Waals surface area contributed by atoms with Crippen LogP contribution in [-0.2, 0) is 9.53 Å². The van der Waals surface area contributed by atoms with Crippen LogP contribution in [0.1, 0.15) is 23.2 Å². The molecule has 0 saturated carbocycles. The van der Waals surface area contributed by atoms with Gasteiger partial charge in [-0.15, -0.1) is 0 Å². The van der Waals surface area contributed by atoms with Crippen molar-refractivity contribution in [1.82, 2.24) is 4.98 Å². The number of nitrogens with zero attached hydrogens (tertiary/aromatic N) is 1. The standard InChI is InChI=1S/C12H15N3O4/c13-10(16)8-1-4-14-9(7-8)15-12(11(17)18)2-5-19-6-3-12/h1,4,7H,2-3,5-6H2,(H2,13,16)(H,14,15)(H,17,18). The molecule has 1 aliphatic rings. The van der Waals surface area contributed by atoms with Crippen LogP contribution in [0.2, 0.25) is 0 Å². The quantitative estimate of drug-likeness (QED) is 0.717. The number of carbonyl (C=O) groups is 2. The Bertz CT molecular complexity index is 498. The maximum Gasteiger partial charge on any atom is 0.329 e. The Morgan fingerprint density at radius 1 is 1.42 bits per heavy atom. The van der Waals surface area contributed by atoms with Crippen LogP contribution in [-0.4, -0.2) is 40.7 Å². The Morgan fingerprint density at radius 3 is 2.68 bits per heavy atom. The highest BCUT2D eigenvalue weighted by Gasteiger charge is 2.40. The molecular formula is C12H15N3O4. The summed E-state index contributed by atoms with van der Waals surface area (Å²) >= 11 is 0. The molecule has 2 rings (SSSR count). The zero-order valence-electron chi connectivity index (χ0n) is 10.3. The summed E-state index contributed by atoms with van der Waals surface area (Å²) in [4.78, 5) is 26.6. The smallest absolute Gasteiger partial charge is 0.329 e. The number of amides is 1. The molecule has 7 nitrogen and oxygen atoms in total. The number of nitrogens with one attached hydrogen (secondary N) is 1. The number of aromatic nitrogens is 1. The lowest BCUT2D eigenvalue weighted by atomic mass is 9.90. The van der Waals surface area contributed by atoms with Crippen molar-refractivity contribution in [2.45, 2.75) is 18.4 Å². The van der Waals surface area contributed by atoms with E-state index in [2.05, 4.69) is 10.3 Å². The first-order valence-electron chi connectivity index (χ1n) is 5.89. The number of pyridine rings is 1. The second-order valence-electron chi connectivity index (χ2n) is 4.42. The van der Waals surface area contributed by atoms with Gasteiger partial charge in [-0.05, 0) is 12.1 Å². The number of aliphatic carboxylic acids is 1. The van der Waals surface area contributed by atoms with Gasteiger partial charge in [0.1, 0.15) is 11.4 Å². The maximum absolute atomic E-state index is 11.5. The van der Waals surface area contributed by atoms with Crippen LogP contribution in [0.4, 0.5) is 5.82 Å². The van der Waals surface area contributed by atoms with Gasteiger partial charge in [0.15, 0.2) is 0 Å². The van der Waals surface area contributed by atoms with Gasteiger partial charge in [0, 0.05) is 37.8 Å². The van der Waals surface area contributed by atoms with Crippen LogP contribution in [0.5, 0.6) is 0 Å². The van der Waals surface area contributed by atoms with Crippen LogP contribution < -0.4 is 11.1 Å². The molecule has 1 fully saturated rings. The fourth-order valence-corrected chi connectivity index (χ4v) is 2.01. The van der Waals surface area contributed by atoms with Gasteiger partial charge in [0.2, 0.25) is 5.91 Å². The molecule has 1 amide bonds. The zero-order chi connectivity index (χ0) is 13.9. The molecule has 2 heterocycles. The Hall–Kier alpha value is -2.15. The summed E-state index contributed by atoms with van der Waals surface area (Å²) in [6.45, 7) is 0.740. The molecule has 0 atom stereocenters. The van der Waals surface area contributed by atoms with Crippen molar-refractivity contribution in [2.24, 2.45) is 5.73 Å². The SMILES string of the molecule is NC(=O)c1ccnc(NC2(C(=O)O)CCOCC2)c1. The largest absolute Gasteiger partial charge is 0.480 e. The number of anilines is 1. The van der Waals surface area contributed by atoms with Crippen molar-refractivity contribution in [3.63, 3.8) is 0 Å². The molecule has 0 unspecified atom stereocenters. The Kier molecular flexibility index (Phi) is 3.66. The van der Waals surface area contributed by atoms with E-state index in [4.69, 9.17) is 10.5 Å². The second kappa shape index (κ2) is 5.23. The number of carboxylic acid groups (broad SMARTS) is 1. The molecule has 0 bridgehead atoms. The third kappa shape index (κ3) is 2.82. The van der Waals surface area contributed by atoms with Crippen LogP contribution in [0.3, 0.4) is 0 Å². The van der Waals surface area contributed by atoms with E-state index in [1.54, 1.807) is 0 Å². The predicted octanol–water partition coefficient (Wildman–Crippen LogP) is 0.226. The van der Waals surface area contributed by atoms with Crippen LogP contribution >= 0.6 is 0 Å². The lowest BCUT2D eigenvalue weighted by Crippen LogP contribution is -2.50. The maximum atomic E-state index is 11.5. The minimum absolute atomic E-state index is 0.282. The third-order valence-corrected chi connectivity index (χ3v) is 3.17. The summed E-state index contributed by atoms with van der Waals surface area (Å²) in [6, 6.07) is 2.92. The second-order valence-corrected chi connectivity index (χ2v) is 4.42. The van der Waals surface area contributed by atoms with Crippen LogP contribution in [0.25, 0.3) is 0 Å². The van der Waals surface area contributed by atoms with E-state index >= 15 is 0 Å². The molecule has 0 radical (unpaired) electrons. The third-order valence-electron chi connectivity index (χ3n) is 3.17. The number of ether oxygens (including phenoxy) is 1. The molecule has 1 saturated heterocycles. The highest BCUT2D eigenvalue weighted by molar-refractivity contribution is 5.93. The lowest BCUT2D eigenvalue weighted by Gasteiger charge is -2.34. The summed E-state index contributed by atoms with van der Waals surface area (Å²) in [6.07, 6.45) is 2.09. The summed E-state index contributed by atoms with van der Waals surface area (Å²) < 4.78 is 5.18. The van der Waals surface area contributed by atoms with Crippen molar-refractivity contribution in [3.8, 4) is 0 Å². The molecule has 7 heteroatoms. The van der Waals surface area contributed by atoms with Crippen LogP contribution in [0.15, 0.2) is 18.3 Å². The van der Waals surface area contributed by atoms with Gasteiger partial charge < -0.3 is 20.9 Å². The van der Waals surface area contributed by atoms with Gasteiger partial charge in [-0.2, -0.15) is 0 Å². The number of primary amides is 1. The number of hydrogen-bond donors (Lipinski definition) is 3. The number of nitrogens with two attached hydrogens (primary N) is 1. The molecule has 0 aromatic carbocycles. The van der Waals surface area contributed by atoms with Crippen molar-refractivity contribution >= 4 is 17.7 Å². The van der Waals surface area contributed by atoms with E-state index in [0.29, 0.717) is 31.9 Å². The van der Waals surface area contributed by atoms with Gasteiger partial charge in [-0.3, -0.25) is 4.79 Å². The van der Waals surface area contributed by atoms with E-state index < -0.39 is 17.4 Å². The summed E-state index contributed by atoms with van der Waals surface area (Å²) in [5.74, 6) is -1.22. The molecule has 1 aromatic rings. The monoisotopic (exact) mass is 265 g/mol. The molecule has 102 valence electrons. The van der Waals surface area contributed by atoms with Crippen molar-refractivity contribution < 1.29 is 19.4 Å². The summed E-state index contributed by atoms with van der Waals surface area (Å²) in [7, 11) is 0. The predicted molar refractivity (Wildman–Crippen MR) is 66.8 cm³/mol. The fourth-order valence-electron chi connectivity index (χ4n) is 2.01. The fraction of sp³-hybridized carbons (Fsp3) is 0.417. The lowest BCUT2D eigenvalue weighted by molar-refractivity contribution is -0.145. The van der Waals surface area contributed by atoms with Gasteiger partial charge in [-0.1, -0.05) is 0 Å². The van der Waals surface area contributed by atoms with Gasteiger partial charge >= 0.3 is 5.97 Å². The normalized spacial score (nSPS) is 17.7. The van der Waals surface area contributed by atoms with Crippen LogP contribution in [0, 0.1) is 0 Å².